The second-order valence-electron chi connectivity index (χ2n) is 3.62. The molecule has 2 aromatic rings. The lowest BCUT2D eigenvalue weighted by atomic mass is 10.3. The van der Waals surface area contributed by atoms with Gasteiger partial charge in [-0.2, -0.15) is 4.98 Å². The first-order chi connectivity index (χ1) is 7.86. The molecule has 0 saturated carbocycles. The van der Waals surface area contributed by atoms with Gasteiger partial charge < -0.3 is 15.5 Å². The van der Waals surface area contributed by atoms with E-state index in [0.717, 1.165) is 29.4 Å². The molecular weight excluding hydrogens is 204 g/mol. The summed E-state index contributed by atoms with van der Waals surface area (Å²) in [4.78, 5) is 11.4. The van der Waals surface area contributed by atoms with Gasteiger partial charge in [-0.3, -0.25) is 0 Å². The maximum Gasteiger partial charge on any atom is 0.241 e. The van der Waals surface area contributed by atoms with Crippen LogP contribution in [0.2, 0.25) is 0 Å². The Morgan fingerprint density at radius 1 is 1.44 bits per heavy atom. The highest BCUT2D eigenvalue weighted by Gasteiger charge is 2.09. The average Bonchev–Trinajstić information content (AvgIpc) is 2.73. The van der Waals surface area contributed by atoms with Crippen molar-refractivity contribution in [2.24, 2.45) is 5.73 Å². The largest absolute Gasteiger partial charge is 0.476 e. The van der Waals surface area contributed by atoms with Crippen molar-refractivity contribution in [2.75, 3.05) is 6.61 Å². The topological polar surface area (TPSA) is 76.8 Å². The second-order valence-corrected chi connectivity index (χ2v) is 3.62. The number of hydrogen-bond donors (Lipinski definition) is 2. The van der Waals surface area contributed by atoms with Gasteiger partial charge in [0.15, 0.2) is 0 Å². The van der Waals surface area contributed by atoms with Crippen molar-refractivity contribution in [1.82, 2.24) is 15.0 Å². The molecule has 2 heterocycles. The number of fused-ring (bicyclic) bond motifs is 1. The van der Waals surface area contributed by atoms with Crippen LogP contribution in [0, 0.1) is 0 Å². The minimum atomic E-state index is 0.464. The Morgan fingerprint density at radius 3 is 3.06 bits per heavy atom. The van der Waals surface area contributed by atoms with Crippen LogP contribution in [0.25, 0.3) is 11.0 Å². The van der Waals surface area contributed by atoms with E-state index in [1.165, 1.54) is 6.33 Å². The van der Waals surface area contributed by atoms with Gasteiger partial charge in [0, 0.05) is 18.3 Å². The quantitative estimate of drug-likeness (QED) is 0.750. The third-order valence-electron chi connectivity index (χ3n) is 2.46. The van der Waals surface area contributed by atoms with Gasteiger partial charge >= 0.3 is 0 Å². The molecule has 0 aliphatic rings. The Kier molecular flexibility index (Phi) is 3.36. The lowest BCUT2D eigenvalue weighted by Crippen LogP contribution is -2.00. The van der Waals surface area contributed by atoms with Crippen LogP contribution in [0.3, 0.4) is 0 Å². The molecule has 86 valence electrons. The highest BCUT2D eigenvalue weighted by molar-refractivity contribution is 5.82. The number of aromatic amines is 1. The number of hydrogen-bond acceptors (Lipinski definition) is 4. The van der Waals surface area contributed by atoms with Crippen molar-refractivity contribution in [1.29, 1.82) is 0 Å². The van der Waals surface area contributed by atoms with Crippen molar-refractivity contribution in [3.63, 3.8) is 0 Å². The predicted molar refractivity (Wildman–Crippen MR) is 62.2 cm³/mol. The molecule has 2 aromatic heterocycles. The number of nitrogens with one attached hydrogen (secondary N) is 1. The molecule has 5 heteroatoms. The molecule has 0 bridgehead atoms. The zero-order chi connectivity index (χ0) is 11.4. The van der Waals surface area contributed by atoms with Crippen molar-refractivity contribution in [3.05, 3.63) is 18.1 Å². The molecule has 0 fully saturated rings. The highest BCUT2D eigenvalue weighted by atomic mass is 16.5. The fraction of sp³-hybridized carbons (Fsp3) is 0.455. The van der Waals surface area contributed by atoms with Crippen molar-refractivity contribution >= 4 is 11.0 Å². The summed E-state index contributed by atoms with van der Waals surface area (Å²) in [5, 5.41) is 0. The Balaban J connectivity index is 2.28. The van der Waals surface area contributed by atoms with Crippen LogP contribution in [0.1, 0.15) is 25.3 Å². The van der Waals surface area contributed by atoms with E-state index in [4.69, 9.17) is 10.5 Å². The summed E-state index contributed by atoms with van der Waals surface area (Å²) in [5.74, 6) is 0.609. The third-order valence-corrected chi connectivity index (χ3v) is 2.46. The van der Waals surface area contributed by atoms with Crippen LogP contribution >= 0.6 is 0 Å². The zero-order valence-corrected chi connectivity index (χ0v) is 9.36. The maximum absolute atomic E-state index is 5.61. The molecule has 0 spiro atoms. The Morgan fingerprint density at radius 2 is 2.31 bits per heavy atom. The smallest absolute Gasteiger partial charge is 0.241 e. The monoisotopic (exact) mass is 220 g/mol. The summed E-state index contributed by atoms with van der Waals surface area (Å²) >= 11 is 0. The van der Waals surface area contributed by atoms with Gasteiger partial charge in [0.05, 0.1) is 12.1 Å². The number of nitrogens with two attached hydrogens (primary N) is 1. The van der Waals surface area contributed by atoms with Crippen LogP contribution in [0.5, 0.6) is 5.88 Å². The molecule has 16 heavy (non-hydrogen) atoms. The molecular formula is C11H16N4O. The van der Waals surface area contributed by atoms with Crippen LogP contribution in [0.4, 0.5) is 0 Å². The summed E-state index contributed by atoms with van der Waals surface area (Å²) in [7, 11) is 0. The molecule has 0 saturated heterocycles. The molecule has 0 radical (unpaired) electrons. The molecule has 0 aliphatic carbocycles. The van der Waals surface area contributed by atoms with Crippen LogP contribution in [0.15, 0.2) is 12.5 Å². The first kappa shape index (κ1) is 10.9. The summed E-state index contributed by atoms with van der Waals surface area (Å²) < 4.78 is 5.59. The Hall–Kier alpha value is -1.62. The van der Waals surface area contributed by atoms with Gasteiger partial charge in [-0.25, -0.2) is 4.98 Å². The lowest BCUT2D eigenvalue weighted by molar-refractivity contribution is 0.301. The van der Waals surface area contributed by atoms with Crippen molar-refractivity contribution < 1.29 is 4.74 Å². The van der Waals surface area contributed by atoms with Crippen molar-refractivity contribution in [2.45, 2.75) is 26.3 Å². The molecule has 0 unspecified atom stereocenters. The van der Waals surface area contributed by atoms with Gasteiger partial charge in [0.25, 0.3) is 0 Å². The van der Waals surface area contributed by atoms with Gasteiger partial charge in [-0.05, 0) is 6.42 Å². The first-order valence-electron chi connectivity index (χ1n) is 5.50. The number of ether oxygens (including phenoxy) is 1. The fourth-order valence-corrected chi connectivity index (χ4v) is 1.55. The van der Waals surface area contributed by atoms with Gasteiger partial charge in [0.2, 0.25) is 5.88 Å². The number of unbranched alkanes of at least 4 members (excludes halogenated alkanes) is 1. The van der Waals surface area contributed by atoms with Crippen molar-refractivity contribution in [3.8, 4) is 5.88 Å². The van der Waals surface area contributed by atoms with Gasteiger partial charge in [0.1, 0.15) is 11.8 Å². The van der Waals surface area contributed by atoms with E-state index < -0.39 is 0 Å². The summed E-state index contributed by atoms with van der Waals surface area (Å²) in [6.07, 6.45) is 5.49. The SMILES string of the molecule is CCCCOc1ncnc2c(CN)c[nH]c12. The minimum absolute atomic E-state index is 0.464. The number of nitrogens with zero attached hydrogens (tertiary/aromatic N) is 2. The third kappa shape index (κ3) is 1.99. The van der Waals surface area contributed by atoms with Crippen LogP contribution in [-0.2, 0) is 6.54 Å². The zero-order valence-electron chi connectivity index (χ0n) is 9.36. The summed E-state index contributed by atoms with van der Waals surface area (Å²) in [6, 6.07) is 0. The van der Waals surface area contributed by atoms with Crippen LogP contribution < -0.4 is 10.5 Å². The standard InChI is InChI=1S/C11H16N4O/c1-2-3-4-16-11-10-9(14-7-15-11)8(5-12)6-13-10/h6-7,13H,2-5,12H2,1H3. The Bertz CT molecular complexity index is 466. The highest BCUT2D eigenvalue weighted by Crippen LogP contribution is 2.22. The van der Waals surface area contributed by atoms with E-state index in [0.29, 0.717) is 19.0 Å². The molecule has 3 N–H and O–H groups in total. The van der Waals surface area contributed by atoms with Gasteiger partial charge in [-0.1, -0.05) is 13.3 Å². The number of aromatic nitrogens is 3. The molecule has 0 amide bonds. The van der Waals surface area contributed by atoms with E-state index in [1.807, 2.05) is 6.20 Å². The molecule has 0 aliphatic heterocycles. The van der Waals surface area contributed by atoms with E-state index in [9.17, 15) is 0 Å². The Labute approximate surface area is 94.0 Å². The maximum atomic E-state index is 5.61. The molecule has 0 aromatic carbocycles. The van der Waals surface area contributed by atoms with E-state index >= 15 is 0 Å². The summed E-state index contributed by atoms with van der Waals surface area (Å²) in [5.41, 5.74) is 8.28. The number of H-pyrrole nitrogens is 1. The lowest BCUT2D eigenvalue weighted by Gasteiger charge is -2.04. The minimum Gasteiger partial charge on any atom is -0.476 e. The molecule has 5 nitrogen and oxygen atoms in total. The summed E-state index contributed by atoms with van der Waals surface area (Å²) in [6.45, 7) is 3.27. The van der Waals surface area contributed by atoms with E-state index in [2.05, 4.69) is 21.9 Å². The normalized spacial score (nSPS) is 10.9. The predicted octanol–water partition coefficient (Wildman–Crippen LogP) is 1.60. The first-order valence-corrected chi connectivity index (χ1v) is 5.50. The number of rotatable bonds is 5. The second kappa shape index (κ2) is 4.94. The molecule has 0 atom stereocenters. The fourth-order valence-electron chi connectivity index (χ4n) is 1.55. The van der Waals surface area contributed by atoms with E-state index in [-0.39, 0.29) is 0 Å². The molecule has 2 rings (SSSR count). The van der Waals surface area contributed by atoms with Gasteiger partial charge in [-0.15, -0.1) is 0 Å². The van der Waals surface area contributed by atoms with Crippen LogP contribution in [-0.4, -0.2) is 21.6 Å². The van der Waals surface area contributed by atoms with E-state index in [1.54, 1.807) is 0 Å². The average molecular weight is 220 g/mol.